The minimum absolute atomic E-state index is 0.172. The van der Waals surface area contributed by atoms with Crippen LogP contribution in [0.25, 0.3) is 0 Å². The standard InChI is InChI=1S/C9H9Br2NO4S/c10-5-3-6(17-8(5)11)9(15)12-1-2-16-4-7(13)14/h3H,1-2,4H2,(H,12,15)(H,13,14). The molecule has 2 N–H and O–H groups in total. The molecule has 1 amide bonds. The molecule has 0 aromatic carbocycles. The van der Waals surface area contributed by atoms with E-state index in [9.17, 15) is 9.59 Å². The van der Waals surface area contributed by atoms with E-state index in [-0.39, 0.29) is 25.7 Å². The number of thiophene rings is 1. The smallest absolute Gasteiger partial charge is 0.329 e. The lowest BCUT2D eigenvalue weighted by molar-refractivity contribution is -0.142. The monoisotopic (exact) mass is 385 g/mol. The zero-order valence-electron chi connectivity index (χ0n) is 8.53. The molecule has 0 saturated carbocycles. The van der Waals surface area contributed by atoms with Crippen LogP contribution < -0.4 is 5.32 Å². The predicted octanol–water partition coefficient (Wildman–Crippen LogP) is 2.10. The molecule has 1 heterocycles. The van der Waals surface area contributed by atoms with Crippen molar-refractivity contribution in [3.8, 4) is 0 Å². The van der Waals surface area contributed by atoms with Crippen LogP contribution in [-0.2, 0) is 9.53 Å². The molecule has 0 aliphatic rings. The lowest BCUT2D eigenvalue weighted by Crippen LogP contribution is -2.27. The Morgan fingerprint density at radius 1 is 1.47 bits per heavy atom. The number of hydrogen-bond donors (Lipinski definition) is 2. The van der Waals surface area contributed by atoms with Gasteiger partial charge in [-0.15, -0.1) is 11.3 Å². The lowest BCUT2D eigenvalue weighted by atomic mass is 10.4. The Morgan fingerprint density at radius 2 is 2.18 bits per heavy atom. The first kappa shape index (κ1) is 14.6. The number of ether oxygens (including phenoxy) is 1. The number of halogens is 2. The van der Waals surface area contributed by atoms with E-state index in [0.29, 0.717) is 4.88 Å². The van der Waals surface area contributed by atoms with Crippen molar-refractivity contribution < 1.29 is 19.4 Å². The fraction of sp³-hybridized carbons (Fsp3) is 0.333. The van der Waals surface area contributed by atoms with Crippen LogP contribution >= 0.6 is 43.2 Å². The Morgan fingerprint density at radius 3 is 2.71 bits per heavy atom. The van der Waals surface area contributed by atoms with E-state index in [2.05, 4.69) is 37.2 Å². The molecule has 94 valence electrons. The first-order valence-corrected chi connectivity index (χ1v) is 6.93. The molecule has 1 aromatic rings. The third kappa shape index (κ3) is 5.15. The fourth-order valence-electron chi connectivity index (χ4n) is 0.942. The minimum Gasteiger partial charge on any atom is -0.480 e. The largest absolute Gasteiger partial charge is 0.480 e. The molecule has 0 saturated heterocycles. The maximum Gasteiger partial charge on any atom is 0.329 e. The molecule has 0 unspecified atom stereocenters. The van der Waals surface area contributed by atoms with Gasteiger partial charge in [0.2, 0.25) is 0 Å². The van der Waals surface area contributed by atoms with Crippen LogP contribution in [0.3, 0.4) is 0 Å². The number of carbonyl (C=O) groups excluding carboxylic acids is 1. The van der Waals surface area contributed by atoms with Crippen LogP contribution in [-0.4, -0.2) is 36.7 Å². The van der Waals surface area contributed by atoms with Crippen LogP contribution in [0.1, 0.15) is 9.67 Å². The third-order valence-electron chi connectivity index (χ3n) is 1.63. The molecule has 0 aliphatic heterocycles. The van der Waals surface area contributed by atoms with Crippen LogP contribution in [0.2, 0.25) is 0 Å². The van der Waals surface area contributed by atoms with Crippen molar-refractivity contribution in [3.63, 3.8) is 0 Å². The van der Waals surface area contributed by atoms with Crippen molar-refractivity contribution in [2.75, 3.05) is 19.8 Å². The molecule has 0 atom stereocenters. The lowest BCUT2D eigenvalue weighted by Gasteiger charge is -2.03. The van der Waals surface area contributed by atoms with Crippen LogP contribution in [0, 0.1) is 0 Å². The van der Waals surface area contributed by atoms with Crippen molar-refractivity contribution in [2.24, 2.45) is 0 Å². The second-order valence-electron chi connectivity index (χ2n) is 2.93. The van der Waals surface area contributed by atoms with Gasteiger partial charge in [0, 0.05) is 11.0 Å². The molecule has 1 rings (SSSR count). The predicted molar refractivity (Wildman–Crippen MR) is 70.5 cm³/mol. The number of aliphatic carboxylic acids is 1. The molecule has 0 aliphatic carbocycles. The van der Waals surface area contributed by atoms with E-state index in [0.717, 1.165) is 8.26 Å². The molecule has 8 heteroatoms. The summed E-state index contributed by atoms with van der Waals surface area (Å²) in [4.78, 5) is 22.3. The van der Waals surface area contributed by atoms with Crippen molar-refractivity contribution >= 4 is 55.1 Å². The highest BCUT2D eigenvalue weighted by Gasteiger charge is 2.11. The highest BCUT2D eigenvalue weighted by Crippen LogP contribution is 2.32. The van der Waals surface area contributed by atoms with E-state index in [1.165, 1.54) is 11.3 Å². The Kier molecular flexibility index (Phi) is 6.10. The van der Waals surface area contributed by atoms with Gasteiger partial charge in [-0.1, -0.05) is 0 Å². The van der Waals surface area contributed by atoms with E-state index in [4.69, 9.17) is 9.84 Å². The van der Waals surface area contributed by atoms with Crippen LogP contribution in [0.5, 0.6) is 0 Å². The quantitative estimate of drug-likeness (QED) is 0.734. The molecular formula is C9H9Br2NO4S. The number of carboxylic acids is 1. The summed E-state index contributed by atoms with van der Waals surface area (Å²) in [7, 11) is 0. The summed E-state index contributed by atoms with van der Waals surface area (Å²) in [5.74, 6) is -1.23. The van der Waals surface area contributed by atoms with Crippen LogP contribution in [0.15, 0.2) is 14.3 Å². The Labute approximate surface area is 118 Å². The molecular weight excluding hydrogens is 378 g/mol. The Balaban J connectivity index is 2.28. The van der Waals surface area contributed by atoms with Crippen molar-refractivity contribution in [3.05, 3.63) is 19.2 Å². The van der Waals surface area contributed by atoms with E-state index in [1.807, 2.05) is 0 Å². The third-order valence-corrected chi connectivity index (χ3v) is 4.88. The second kappa shape index (κ2) is 7.10. The van der Waals surface area contributed by atoms with Gasteiger partial charge in [-0.3, -0.25) is 4.79 Å². The average Bonchev–Trinajstić information content (AvgIpc) is 2.58. The Bertz CT molecular complexity index is 402. The summed E-state index contributed by atoms with van der Waals surface area (Å²) in [6, 6.07) is 1.71. The zero-order chi connectivity index (χ0) is 12.8. The van der Waals surface area contributed by atoms with Gasteiger partial charge >= 0.3 is 5.97 Å². The van der Waals surface area contributed by atoms with Gasteiger partial charge in [0.25, 0.3) is 5.91 Å². The normalized spacial score (nSPS) is 10.2. The summed E-state index contributed by atoms with van der Waals surface area (Å²) in [5, 5.41) is 10.9. The average molecular weight is 387 g/mol. The fourth-order valence-corrected chi connectivity index (χ4v) is 2.89. The summed E-state index contributed by atoms with van der Waals surface area (Å²) < 4.78 is 6.46. The van der Waals surface area contributed by atoms with Gasteiger partial charge in [-0.05, 0) is 37.9 Å². The van der Waals surface area contributed by atoms with E-state index < -0.39 is 5.97 Å². The summed E-state index contributed by atoms with van der Waals surface area (Å²) in [6.45, 7) is 0.0942. The summed E-state index contributed by atoms with van der Waals surface area (Å²) in [5.41, 5.74) is 0. The van der Waals surface area contributed by atoms with Gasteiger partial charge < -0.3 is 15.2 Å². The van der Waals surface area contributed by atoms with Gasteiger partial charge in [0.15, 0.2) is 0 Å². The summed E-state index contributed by atoms with van der Waals surface area (Å²) >= 11 is 7.90. The zero-order valence-corrected chi connectivity index (χ0v) is 12.5. The molecule has 0 radical (unpaired) electrons. The van der Waals surface area contributed by atoms with Crippen molar-refractivity contribution in [1.82, 2.24) is 5.32 Å². The van der Waals surface area contributed by atoms with Gasteiger partial charge in [0.1, 0.15) is 6.61 Å². The topological polar surface area (TPSA) is 75.6 Å². The highest BCUT2D eigenvalue weighted by atomic mass is 79.9. The Hall–Kier alpha value is -0.440. The number of rotatable bonds is 6. The van der Waals surface area contributed by atoms with E-state index >= 15 is 0 Å². The molecule has 1 aromatic heterocycles. The van der Waals surface area contributed by atoms with Crippen molar-refractivity contribution in [2.45, 2.75) is 0 Å². The molecule has 17 heavy (non-hydrogen) atoms. The van der Waals surface area contributed by atoms with Crippen LogP contribution in [0.4, 0.5) is 0 Å². The minimum atomic E-state index is -1.03. The van der Waals surface area contributed by atoms with Gasteiger partial charge in [-0.25, -0.2) is 4.79 Å². The number of nitrogens with one attached hydrogen (secondary N) is 1. The number of carbonyl (C=O) groups is 2. The maximum atomic E-state index is 11.6. The molecule has 5 nitrogen and oxygen atoms in total. The first-order valence-electron chi connectivity index (χ1n) is 4.53. The van der Waals surface area contributed by atoms with Crippen molar-refractivity contribution in [1.29, 1.82) is 0 Å². The highest BCUT2D eigenvalue weighted by molar-refractivity contribution is 9.13. The summed E-state index contributed by atoms with van der Waals surface area (Å²) in [6.07, 6.45) is 0. The second-order valence-corrected chi connectivity index (χ2v) is 6.16. The first-order chi connectivity index (χ1) is 8.00. The van der Waals surface area contributed by atoms with Gasteiger partial charge in [0.05, 0.1) is 15.3 Å². The SMILES string of the molecule is O=C(O)COCCNC(=O)c1cc(Br)c(Br)s1. The molecule has 0 bridgehead atoms. The van der Waals surface area contributed by atoms with E-state index in [1.54, 1.807) is 6.07 Å². The number of amides is 1. The number of carboxylic acid groups (broad SMARTS) is 1. The maximum absolute atomic E-state index is 11.6. The molecule has 0 fully saturated rings. The number of hydrogen-bond acceptors (Lipinski definition) is 4. The van der Waals surface area contributed by atoms with Gasteiger partial charge in [-0.2, -0.15) is 0 Å². The molecule has 0 spiro atoms.